The zero-order chi connectivity index (χ0) is 12.3. The molecular weight excluding hydrogens is 205 g/mol. The summed E-state index contributed by atoms with van der Waals surface area (Å²) >= 11 is 0. The standard InChI is InChI=1S/C10H21F3N2/c1-5-9(4,6-14)15(8(2)3)7-10(11,12)13/h8H,5-7,14H2,1-4H3. The van der Waals surface area contributed by atoms with Gasteiger partial charge in [-0.15, -0.1) is 0 Å². The monoisotopic (exact) mass is 226 g/mol. The molecule has 0 aliphatic heterocycles. The fraction of sp³-hybridized carbons (Fsp3) is 1.00. The van der Waals surface area contributed by atoms with Crippen molar-refractivity contribution in [2.75, 3.05) is 13.1 Å². The highest BCUT2D eigenvalue weighted by atomic mass is 19.4. The molecule has 1 unspecified atom stereocenters. The molecule has 1 atom stereocenters. The molecule has 2 N–H and O–H groups in total. The maximum atomic E-state index is 12.4. The van der Waals surface area contributed by atoms with E-state index in [2.05, 4.69) is 0 Å². The molecule has 0 aromatic heterocycles. The summed E-state index contributed by atoms with van der Waals surface area (Å²) in [5.74, 6) is 0. The fourth-order valence-electron chi connectivity index (χ4n) is 1.65. The van der Waals surface area contributed by atoms with Gasteiger partial charge in [-0.25, -0.2) is 0 Å². The smallest absolute Gasteiger partial charge is 0.329 e. The summed E-state index contributed by atoms with van der Waals surface area (Å²) in [4.78, 5) is 1.42. The van der Waals surface area contributed by atoms with Crippen LogP contribution in [0.1, 0.15) is 34.1 Å². The number of halogens is 3. The number of rotatable bonds is 5. The Hall–Kier alpha value is -0.290. The zero-order valence-corrected chi connectivity index (χ0v) is 9.86. The van der Waals surface area contributed by atoms with Crippen LogP contribution < -0.4 is 5.73 Å². The largest absolute Gasteiger partial charge is 0.401 e. The van der Waals surface area contributed by atoms with Crippen molar-refractivity contribution in [3.05, 3.63) is 0 Å². The van der Waals surface area contributed by atoms with E-state index in [4.69, 9.17) is 5.73 Å². The third-order valence-electron chi connectivity index (χ3n) is 2.87. The molecular formula is C10H21F3N2. The quantitative estimate of drug-likeness (QED) is 0.780. The fourth-order valence-corrected chi connectivity index (χ4v) is 1.65. The Kier molecular flexibility index (Phi) is 5.06. The lowest BCUT2D eigenvalue weighted by molar-refractivity contribution is -0.163. The van der Waals surface area contributed by atoms with Gasteiger partial charge in [0.1, 0.15) is 0 Å². The van der Waals surface area contributed by atoms with Crippen LogP contribution in [0.5, 0.6) is 0 Å². The van der Waals surface area contributed by atoms with Crippen LogP contribution in [0.25, 0.3) is 0 Å². The van der Waals surface area contributed by atoms with Crippen molar-refractivity contribution in [2.45, 2.75) is 51.9 Å². The van der Waals surface area contributed by atoms with E-state index in [-0.39, 0.29) is 12.6 Å². The highest BCUT2D eigenvalue weighted by molar-refractivity contribution is 4.89. The lowest BCUT2D eigenvalue weighted by atomic mass is 9.95. The number of alkyl halides is 3. The highest BCUT2D eigenvalue weighted by Crippen LogP contribution is 2.26. The number of hydrogen-bond acceptors (Lipinski definition) is 2. The molecule has 0 radical (unpaired) electrons. The topological polar surface area (TPSA) is 29.3 Å². The van der Waals surface area contributed by atoms with Crippen LogP contribution >= 0.6 is 0 Å². The molecule has 5 heteroatoms. The van der Waals surface area contributed by atoms with Crippen LogP contribution in [0, 0.1) is 0 Å². The van der Waals surface area contributed by atoms with Gasteiger partial charge in [-0.1, -0.05) is 6.92 Å². The second kappa shape index (κ2) is 5.16. The first kappa shape index (κ1) is 14.7. The minimum atomic E-state index is -4.17. The maximum Gasteiger partial charge on any atom is 0.401 e. The molecule has 0 saturated heterocycles. The average molecular weight is 226 g/mol. The SMILES string of the molecule is CCC(C)(CN)N(CC(F)(F)F)C(C)C. The summed E-state index contributed by atoms with van der Waals surface area (Å²) in [7, 11) is 0. The Morgan fingerprint density at radius 3 is 1.93 bits per heavy atom. The second-order valence-corrected chi connectivity index (χ2v) is 4.39. The van der Waals surface area contributed by atoms with E-state index in [1.54, 1.807) is 20.8 Å². The Morgan fingerprint density at radius 2 is 1.73 bits per heavy atom. The first-order valence-corrected chi connectivity index (χ1v) is 5.20. The minimum absolute atomic E-state index is 0.167. The molecule has 0 rings (SSSR count). The van der Waals surface area contributed by atoms with Gasteiger partial charge in [0.2, 0.25) is 0 Å². The van der Waals surface area contributed by atoms with E-state index in [0.29, 0.717) is 6.42 Å². The van der Waals surface area contributed by atoms with Gasteiger partial charge in [-0.3, -0.25) is 4.90 Å². The van der Waals surface area contributed by atoms with Crippen LogP contribution in [-0.2, 0) is 0 Å². The predicted molar refractivity (Wildman–Crippen MR) is 55.6 cm³/mol. The molecule has 0 fully saturated rings. The first-order chi connectivity index (χ1) is 6.66. The number of nitrogens with two attached hydrogens (primary N) is 1. The maximum absolute atomic E-state index is 12.4. The molecule has 0 saturated carbocycles. The molecule has 0 bridgehead atoms. The van der Waals surface area contributed by atoms with E-state index in [0.717, 1.165) is 0 Å². The summed E-state index contributed by atoms with van der Waals surface area (Å²) in [6, 6.07) is -0.167. The van der Waals surface area contributed by atoms with Crippen LogP contribution in [-0.4, -0.2) is 35.7 Å². The molecule has 0 aliphatic carbocycles. The van der Waals surface area contributed by atoms with Gasteiger partial charge in [-0.2, -0.15) is 13.2 Å². The van der Waals surface area contributed by atoms with Gasteiger partial charge < -0.3 is 5.73 Å². The summed E-state index contributed by atoms with van der Waals surface area (Å²) in [5, 5.41) is 0. The van der Waals surface area contributed by atoms with Gasteiger partial charge in [0.25, 0.3) is 0 Å². The van der Waals surface area contributed by atoms with Gasteiger partial charge in [0, 0.05) is 18.1 Å². The Balaban J connectivity index is 4.80. The normalized spacial score (nSPS) is 17.2. The van der Waals surface area contributed by atoms with Crippen molar-refractivity contribution >= 4 is 0 Å². The number of nitrogens with zero attached hydrogens (tertiary/aromatic N) is 1. The molecule has 0 amide bonds. The Morgan fingerprint density at radius 1 is 1.27 bits per heavy atom. The van der Waals surface area contributed by atoms with Crippen LogP contribution in [0.3, 0.4) is 0 Å². The van der Waals surface area contributed by atoms with E-state index >= 15 is 0 Å². The summed E-state index contributed by atoms with van der Waals surface area (Å²) in [6.07, 6.45) is -3.56. The summed E-state index contributed by atoms with van der Waals surface area (Å²) in [6.45, 7) is 6.49. The van der Waals surface area contributed by atoms with Gasteiger partial charge in [-0.05, 0) is 27.2 Å². The Bertz CT molecular complexity index is 186. The summed E-state index contributed by atoms with van der Waals surface area (Å²) in [5.41, 5.74) is 4.99. The first-order valence-electron chi connectivity index (χ1n) is 5.20. The predicted octanol–water partition coefficient (Wildman–Crippen LogP) is 2.39. The molecule has 2 nitrogen and oxygen atoms in total. The molecule has 0 aromatic carbocycles. The van der Waals surface area contributed by atoms with Gasteiger partial charge in [0.05, 0.1) is 6.54 Å². The summed E-state index contributed by atoms with van der Waals surface area (Å²) < 4.78 is 37.2. The molecule has 15 heavy (non-hydrogen) atoms. The second-order valence-electron chi connectivity index (χ2n) is 4.39. The lowest BCUT2D eigenvalue weighted by Gasteiger charge is -2.43. The zero-order valence-electron chi connectivity index (χ0n) is 9.86. The number of hydrogen-bond donors (Lipinski definition) is 1. The van der Waals surface area contributed by atoms with Crippen molar-refractivity contribution < 1.29 is 13.2 Å². The third-order valence-corrected chi connectivity index (χ3v) is 2.87. The van der Waals surface area contributed by atoms with E-state index in [1.807, 2.05) is 6.92 Å². The van der Waals surface area contributed by atoms with E-state index in [1.165, 1.54) is 4.90 Å². The average Bonchev–Trinajstić information content (AvgIpc) is 2.11. The van der Waals surface area contributed by atoms with Crippen molar-refractivity contribution in [3.8, 4) is 0 Å². The third kappa shape index (κ3) is 4.38. The lowest BCUT2D eigenvalue weighted by Crippen LogP contribution is -2.57. The van der Waals surface area contributed by atoms with Gasteiger partial charge in [0.15, 0.2) is 0 Å². The van der Waals surface area contributed by atoms with Crippen molar-refractivity contribution in [1.82, 2.24) is 4.90 Å². The van der Waals surface area contributed by atoms with Crippen LogP contribution in [0.15, 0.2) is 0 Å². The molecule has 92 valence electrons. The van der Waals surface area contributed by atoms with Gasteiger partial charge >= 0.3 is 6.18 Å². The molecule has 0 aromatic rings. The van der Waals surface area contributed by atoms with Crippen molar-refractivity contribution in [2.24, 2.45) is 5.73 Å². The molecule has 0 spiro atoms. The highest BCUT2D eigenvalue weighted by Gasteiger charge is 2.39. The molecule has 0 aliphatic rings. The van der Waals surface area contributed by atoms with Crippen LogP contribution in [0.4, 0.5) is 13.2 Å². The van der Waals surface area contributed by atoms with E-state index < -0.39 is 18.3 Å². The minimum Gasteiger partial charge on any atom is -0.329 e. The van der Waals surface area contributed by atoms with Crippen LogP contribution in [0.2, 0.25) is 0 Å². The molecule has 0 heterocycles. The van der Waals surface area contributed by atoms with Crippen molar-refractivity contribution in [3.63, 3.8) is 0 Å². The van der Waals surface area contributed by atoms with Crippen molar-refractivity contribution in [1.29, 1.82) is 0 Å². The Labute approximate surface area is 89.6 Å². The van der Waals surface area contributed by atoms with E-state index in [9.17, 15) is 13.2 Å².